The SMILES string of the molecule is COc1ccc(NC(=O)N2CCC[C@H](NC(C)=O)C2)cn1. The third-order valence-electron chi connectivity index (χ3n) is 3.31. The number of methoxy groups -OCH3 is 1. The molecule has 1 aromatic heterocycles. The van der Waals surface area contributed by atoms with Crippen LogP contribution in [0, 0.1) is 0 Å². The first-order chi connectivity index (χ1) is 10.1. The molecule has 21 heavy (non-hydrogen) atoms. The second-order valence-corrected chi connectivity index (χ2v) is 5.01. The third kappa shape index (κ3) is 4.34. The number of carbonyl (C=O) groups is 2. The molecule has 1 saturated heterocycles. The van der Waals surface area contributed by atoms with E-state index in [1.807, 2.05) is 0 Å². The van der Waals surface area contributed by atoms with Gasteiger partial charge in [0.2, 0.25) is 11.8 Å². The van der Waals surface area contributed by atoms with Crippen molar-refractivity contribution in [3.05, 3.63) is 18.3 Å². The molecule has 0 bridgehead atoms. The van der Waals surface area contributed by atoms with Crippen molar-refractivity contribution in [2.45, 2.75) is 25.8 Å². The topological polar surface area (TPSA) is 83.6 Å². The highest BCUT2D eigenvalue weighted by atomic mass is 16.5. The van der Waals surface area contributed by atoms with Crippen LogP contribution < -0.4 is 15.4 Å². The van der Waals surface area contributed by atoms with Gasteiger partial charge in [0, 0.05) is 32.1 Å². The lowest BCUT2D eigenvalue weighted by Crippen LogP contribution is -2.50. The highest BCUT2D eigenvalue weighted by Crippen LogP contribution is 2.14. The average Bonchev–Trinajstić information content (AvgIpc) is 2.47. The Labute approximate surface area is 123 Å². The summed E-state index contributed by atoms with van der Waals surface area (Å²) >= 11 is 0. The number of nitrogens with zero attached hydrogens (tertiary/aromatic N) is 2. The second kappa shape index (κ2) is 6.92. The summed E-state index contributed by atoms with van der Waals surface area (Å²) in [6.07, 6.45) is 3.32. The zero-order valence-electron chi connectivity index (χ0n) is 12.3. The van der Waals surface area contributed by atoms with Crippen molar-refractivity contribution < 1.29 is 14.3 Å². The van der Waals surface area contributed by atoms with Gasteiger partial charge in [0.1, 0.15) is 0 Å². The summed E-state index contributed by atoms with van der Waals surface area (Å²) in [5, 5.41) is 5.65. The lowest BCUT2D eigenvalue weighted by atomic mass is 10.1. The van der Waals surface area contributed by atoms with Crippen LogP contribution in [0.3, 0.4) is 0 Å². The largest absolute Gasteiger partial charge is 0.481 e. The molecule has 114 valence electrons. The Morgan fingerprint density at radius 1 is 1.43 bits per heavy atom. The van der Waals surface area contributed by atoms with Crippen molar-refractivity contribution in [1.29, 1.82) is 0 Å². The minimum absolute atomic E-state index is 0.0241. The van der Waals surface area contributed by atoms with Crippen LogP contribution in [0.25, 0.3) is 0 Å². The first kappa shape index (κ1) is 15.1. The number of likely N-dealkylation sites (tertiary alicyclic amines) is 1. The highest BCUT2D eigenvalue weighted by Gasteiger charge is 2.24. The number of nitrogens with one attached hydrogen (secondary N) is 2. The lowest BCUT2D eigenvalue weighted by Gasteiger charge is -2.32. The van der Waals surface area contributed by atoms with Crippen LogP contribution in [-0.2, 0) is 4.79 Å². The van der Waals surface area contributed by atoms with Gasteiger partial charge in [-0.05, 0) is 18.9 Å². The molecule has 1 aromatic rings. The van der Waals surface area contributed by atoms with Gasteiger partial charge in [-0.3, -0.25) is 4.79 Å². The number of rotatable bonds is 3. The maximum Gasteiger partial charge on any atom is 0.321 e. The van der Waals surface area contributed by atoms with E-state index in [0.29, 0.717) is 24.7 Å². The summed E-state index contributed by atoms with van der Waals surface area (Å²) in [6, 6.07) is 3.26. The van der Waals surface area contributed by atoms with Gasteiger partial charge in [0.25, 0.3) is 0 Å². The molecule has 7 nitrogen and oxygen atoms in total. The monoisotopic (exact) mass is 292 g/mol. The number of anilines is 1. The molecule has 2 N–H and O–H groups in total. The first-order valence-corrected chi connectivity index (χ1v) is 6.91. The van der Waals surface area contributed by atoms with E-state index in [1.54, 1.807) is 23.2 Å². The Morgan fingerprint density at radius 3 is 2.86 bits per heavy atom. The number of aromatic nitrogens is 1. The molecule has 2 heterocycles. The number of amides is 3. The van der Waals surface area contributed by atoms with Crippen molar-refractivity contribution >= 4 is 17.6 Å². The van der Waals surface area contributed by atoms with E-state index in [2.05, 4.69) is 15.6 Å². The van der Waals surface area contributed by atoms with E-state index in [0.717, 1.165) is 12.8 Å². The molecule has 1 atom stereocenters. The molecule has 1 fully saturated rings. The molecular formula is C14H20N4O3. The van der Waals surface area contributed by atoms with Crippen LogP contribution in [0.5, 0.6) is 5.88 Å². The summed E-state index contributed by atoms with van der Waals surface area (Å²) in [6.45, 7) is 2.70. The molecule has 0 saturated carbocycles. The number of urea groups is 1. The second-order valence-electron chi connectivity index (χ2n) is 5.01. The van der Waals surface area contributed by atoms with Gasteiger partial charge in [-0.15, -0.1) is 0 Å². The minimum atomic E-state index is -0.183. The zero-order valence-corrected chi connectivity index (χ0v) is 12.3. The maximum atomic E-state index is 12.2. The van der Waals surface area contributed by atoms with Crippen LogP contribution in [0.4, 0.5) is 10.5 Å². The molecular weight excluding hydrogens is 272 g/mol. The summed E-state index contributed by atoms with van der Waals surface area (Å²) in [5.74, 6) is 0.429. The summed E-state index contributed by atoms with van der Waals surface area (Å²) in [7, 11) is 1.54. The molecule has 7 heteroatoms. The van der Waals surface area contributed by atoms with Crippen LogP contribution >= 0.6 is 0 Å². The molecule has 3 amide bonds. The van der Waals surface area contributed by atoms with Crippen molar-refractivity contribution in [3.63, 3.8) is 0 Å². The van der Waals surface area contributed by atoms with Gasteiger partial charge in [0.05, 0.1) is 19.0 Å². The normalized spacial score (nSPS) is 18.0. The van der Waals surface area contributed by atoms with Crippen LogP contribution in [0.2, 0.25) is 0 Å². The highest BCUT2D eigenvalue weighted by molar-refractivity contribution is 5.89. The third-order valence-corrected chi connectivity index (χ3v) is 3.31. The molecule has 1 aliphatic heterocycles. The summed E-state index contributed by atoms with van der Waals surface area (Å²) in [5.41, 5.74) is 0.613. The standard InChI is InChI=1S/C14H20N4O3/c1-10(19)16-12-4-3-7-18(9-12)14(20)17-11-5-6-13(21-2)15-8-11/h5-6,8,12H,3-4,7,9H2,1-2H3,(H,16,19)(H,17,20)/t12-/m0/s1. The van der Waals surface area contributed by atoms with E-state index in [1.165, 1.54) is 14.0 Å². The zero-order chi connectivity index (χ0) is 15.2. The smallest absolute Gasteiger partial charge is 0.321 e. The van der Waals surface area contributed by atoms with E-state index >= 15 is 0 Å². The molecule has 2 rings (SSSR count). The fraction of sp³-hybridized carbons (Fsp3) is 0.500. The Morgan fingerprint density at radius 2 is 2.24 bits per heavy atom. The van der Waals surface area contributed by atoms with Gasteiger partial charge in [-0.2, -0.15) is 0 Å². The van der Waals surface area contributed by atoms with Gasteiger partial charge >= 0.3 is 6.03 Å². The fourth-order valence-corrected chi connectivity index (χ4v) is 2.34. The minimum Gasteiger partial charge on any atom is -0.481 e. The molecule has 0 aliphatic carbocycles. The van der Waals surface area contributed by atoms with Crippen molar-refractivity contribution in [2.24, 2.45) is 0 Å². The fourth-order valence-electron chi connectivity index (χ4n) is 2.34. The molecule has 0 radical (unpaired) electrons. The Balaban J connectivity index is 1.91. The van der Waals surface area contributed by atoms with Gasteiger partial charge in [0.15, 0.2) is 0 Å². The Kier molecular flexibility index (Phi) is 4.97. The number of pyridine rings is 1. The van der Waals surface area contributed by atoms with E-state index in [-0.39, 0.29) is 18.0 Å². The number of hydrogen-bond donors (Lipinski definition) is 2. The molecule has 1 aliphatic rings. The van der Waals surface area contributed by atoms with Crippen molar-refractivity contribution in [1.82, 2.24) is 15.2 Å². The number of piperidine rings is 1. The van der Waals surface area contributed by atoms with E-state index in [4.69, 9.17) is 4.74 Å². The Bertz CT molecular complexity index is 503. The Hall–Kier alpha value is -2.31. The van der Waals surface area contributed by atoms with Gasteiger partial charge in [-0.1, -0.05) is 0 Å². The average molecular weight is 292 g/mol. The van der Waals surface area contributed by atoms with E-state index < -0.39 is 0 Å². The number of hydrogen-bond acceptors (Lipinski definition) is 4. The van der Waals surface area contributed by atoms with Crippen LogP contribution in [0.1, 0.15) is 19.8 Å². The van der Waals surface area contributed by atoms with Crippen molar-refractivity contribution in [3.8, 4) is 5.88 Å². The number of ether oxygens (including phenoxy) is 1. The molecule has 0 aromatic carbocycles. The molecule has 0 spiro atoms. The quantitative estimate of drug-likeness (QED) is 0.877. The maximum absolute atomic E-state index is 12.2. The van der Waals surface area contributed by atoms with Gasteiger partial charge in [-0.25, -0.2) is 9.78 Å². The lowest BCUT2D eigenvalue weighted by molar-refractivity contribution is -0.119. The first-order valence-electron chi connectivity index (χ1n) is 6.91. The molecule has 0 unspecified atom stereocenters. The van der Waals surface area contributed by atoms with Crippen molar-refractivity contribution in [2.75, 3.05) is 25.5 Å². The van der Waals surface area contributed by atoms with E-state index in [9.17, 15) is 9.59 Å². The van der Waals surface area contributed by atoms with Crippen LogP contribution in [0.15, 0.2) is 18.3 Å². The predicted molar refractivity (Wildman–Crippen MR) is 78.2 cm³/mol. The van der Waals surface area contributed by atoms with Gasteiger partial charge < -0.3 is 20.3 Å². The van der Waals surface area contributed by atoms with Crippen LogP contribution in [-0.4, -0.2) is 48.1 Å². The number of carbonyl (C=O) groups excluding carboxylic acids is 2. The summed E-state index contributed by atoms with van der Waals surface area (Å²) in [4.78, 5) is 29.0. The predicted octanol–water partition coefficient (Wildman–Crippen LogP) is 1.22. The summed E-state index contributed by atoms with van der Waals surface area (Å²) < 4.78 is 4.97.